The molecule has 1 N–H and O–H groups in total. The first kappa shape index (κ1) is 13.5. The summed E-state index contributed by atoms with van der Waals surface area (Å²) in [5.41, 5.74) is 3.59. The van der Waals surface area contributed by atoms with E-state index in [0.717, 1.165) is 30.2 Å². The van der Waals surface area contributed by atoms with Crippen molar-refractivity contribution in [3.05, 3.63) is 69.7 Å². The molecule has 0 bridgehead atoms. The standard InChI is InChI=1S/C19H19BrO/c20-16-7-6-15-12-19(21,9-8-14(15)10-16)18-11-17(18)13-4-2-1-3-5-13/h1-7,10,17-18,21H,8-9,11-12H2. The van der Waals surface area contributed by atoms with E-state index in [1.54, 1.807) is 0 Å². The Balaban J connectivity index is 1.56. The maximum absolute atomic E-state index is 11.1. The van der Waals surface area contributed by atoms with Crippen LogP contribution < -0.4 is 0 Å². The van der Waals surface area contributed by atoms with Crippen molar-refractivity contribution in [3.63, 3.8) is 0 Å². The number of fused-ring (bicyclic) bond motifs is 1. The van der Waals surface area contributed by atoms with E-state index in [0.29, 0.717) is 11.8 Å². The van der Waals surface area contributed by atoms with Crippen LogP contribution >= 0.6 is 15.9 Å². The van der Waals surface area contributed by atoms with Gasteiger partial charge in [-0.25, -0.2) is 0 Å². The summed E-state index contributed by atoms with van der Waals surface area (Å²) < 4.78 is 1.14. The van der Waals surface area contributed by atoms with E-state index < -0.39 is 5.60 Å². The number of rotatable bonds is 2. The summed E-state index contributed by atoms with van der Waals surface area (Å²) in [5, 5.41) is 11.1. The number of hydrogen-bond acceptors (Lipinski definition) is 1. The molecular formula is C19H19BrO. The first-order valence-electron chi connectivity index (χ1n) is 7.70. The van der Waals surface area contributed by atoms with Gasteiger partial charge in [0.05, 0.1) is 5.60 Å². The fourth-order valence-electron chi connectivity index (χ4n) is 3.94. The number of halogens is 1. The van der Waals surface area contributed by atoms with Gasteiger partial charge in [0.25, 0.3) is 0 Å². The topological polar surface area (TPSA) is 20.2 Å². The number of aliphatic hydroxyl groups is 1. The zero-order valence-electron chi connectivity index (χ0n) is 11.9. The van der Waals surface area contributed by atoms with Crippen LogP contribution in [0.5, 0.6) is 0 Å². The molecule has 108 valence electrons. The molecule has 2 aliphatic rings. The molecule has 21 heavy (non-hydrogen) atoms. The van der Waals surface area contributed by atoms with Gasteiger partial charge in [-0.05, 0) is 59.9 Å². The van der Waals surface area contributed by atoms with Gasteiger partial charge >= 0.3 is 0 Å². The molecule has 0 heterocycles. The van der Waals surface area contributed by atoms with Crippen molar-refractivity contribution < 1.29 is 5.11 Å². The molecule has 0 amide bonds. The van der Waals surface area contributed by atoms with Gasteiger partial charge in [0.2, 0.25) is 0 Å². The highest BCUT2D eigenvalue weighted by atomic mass is 79.9. The minimum Gasteiger partial charge on any atom is -0.389 e. The van der Waals surface area contributed by atoms with Crippen molar-refractivity contribution in [2.24, 2.45) is 5.92 Å². The van der Waals surface area contributed by atoms with E-state index in [4.69, 9.17) is 0 Å². The molecule has 1 fully saturated rings. The van der Waals surface area contributed by atoms with Crippen molar-refractivity contribution >= 4 is 15.9 Å². The quantitative estimate of drug-likeness (QED) is 0.853. The highest BCUT2D eigenvalue weighted by Gasteiger charge is 2.53. The van der Waals surface area contributed by atoms with Gasteiger partial charge in [0.15, 0.2) is 0 Å². The Morgan fingerprint density at radius 1 is 1.05 bits per heavy atom. The first-order valence-corrected chi connectivity index (χ1v) is 8.50. The molecule has 2 aromatic carbocycles. The molecule has 2 aromatic rings. The zero-order chi connectivity index (χ0) is 14.4. The van der Waals surface area contributed by atoms with Gasteiger partial charge in [-0.1, -0.05) is 52.3 Å². The Bertz CT molecular complexity index is 667. The maximum Gasteiger partial charge on any atom is 0.0725 e. The number of hydrogen-bond donors (Lipinski definition) is 1. The zero-order valence-corrected chi connectivity index (χ0v) is 13.5. The predicted molar refractivity (Wildman–Crippen MR) is 88.4 cm³/mol. The normalized spacial score (nSPS) is 30.8. The van der Waals surface area contributed by atoms with Gasteiger partial charge in [0, 0.05) is 10.9 Å². The van der Waals surface area contributed by atoms with Crippen molar-refractivity contribution in [1.82, 2.24) is 0 Å². The van der Waals surface area contributed by atoms with Gasteiger partial charge in [0.1, 0.15) is 0 Å². The smallest absolute Gasteiger partial charge is 0.0725 e. The van der Waals surface area contributed by atoms with E-state index in [1.807, 2.05) is 0 Å². The molecule has 0 spiro atoms. The van der Waals surface area contributed by atoms with Crippen LogP contribution in [0.1, 0.15) is 35.4 Å². The molecule has 0 radical (unpaired) electrons. The minimum absolute atomic E-state index is 0.427. The first-order chi connectivity index (χ1) is 10.2. The molecule has 3 atom stereocenters. The predicted octanol–water partition coefficient (Wildman–Crippen LogP) is 4.47. The van der Waals surface area contributed by atoms with Gasteiger partial charge in [-0.15, -0.1) is 0 Å². The van der Waals surface area contributed by atoms with Crippen LogP contribution in [0, 0.1) is 5.92 Å². The van der Waals surface area contributed by atoms with E-state index in [2.05, 4.69) is 64.5 Å². The van der Waals surface area contributed by atoms with Gasteiger partial charge in [-0.3, -0.25) is 0 Å². The molecule has 0 aromatic heterocycles. The second kappa shape index (κ2) is 4.96. The van der Waals surface area contributed by atoms with Crippen molar-refractivity contribution in [1.29, 1.82) is 0 Å². The van der Waals surface area contributed by atoms with Crippen LogP contribution in [-0.2, 0) is 12.8 Å². The SMILES string of the molecule is OC1(C2CC2c2ccccc2)CCc2cc(Br)ccc2C1. The fourth-order valence-corrected chi connectivity index (χ4v) is 4.35. The Labute approximate surface area is 134 Å². The van der Waals surface area contributed by atoms with Crippen molar-refractivity contribution in [2.45, 2.75) is 37.2 Å². The lowest BCUT2D eigenvalue weighted by Crippen LogP contribution is -2.38. The third-order valence-corrected chi connectivity index (χ3v) is 5.69. The summed E-state index contributed by atoms with van der Waals surface area (Å²) in [7, 11) is 0. The van der Waals surface area contributed by atoms with Gasteiger partial charge < -0.3 is 5.11 Å². The average Bonchev–Trinajstić information content (AvgIpc) is 3.30. The van der Waals surface area contributed by atoms with E-state index in [1.165, 1.54) is 16.7 Å². The Morgan fingerprint density at radius 2 is 1.86 bits per heavy atom. The van der Waals surface area contributed by atoms with Gasteiger partial charge in [-0.2, -0.15) is 0 Å². The van der Waals surface area contributed by atoms with Crippen LogP contribution in [0.2, 0.25) is 0 Å². The monoisotopic (exact) mass is 342 g/mol. The van der Waals surface area contributed by atoms with E-state index >= 15 is 0 Å². The van der Waals surface area contributed by atoms with Crippen molar-refractivity contribution in [2.75, 3.05) is 0 Å². The minimum atomic E-state index is -0.513. The third-order valence-electron chi connectivity index (χ3n) is 5.20. The maximum atomic E-state index is 11.1. The molecule has 0 aliphatic heterocycles. The molecule has 4 rings (SSSR count). The molecular weight excluding hydrogens is 324 g/mol. The van der Waals surface area contributed by atoms with E-state index in [-0.39, 0.29) is 0 Å². The Morgan fingerprint density at radius 3 is 2.67 bits per heavy atom. The lowest BCUT2D eigenvalue weighted by Gasteiger charge is -2.34. The lowest BCUT2D eigenvalue weighted by atomic mass is 9.77. The lowest BCUT2D eigenvalue weighted by molar-refractivity contribution is 0.00233. The Kier molecular flexibility index (Phi) is 3.20. The average molecular weight is 343 g/mol. The molecule has 3 unspecified atom stereocenters. The summed E-state index contributed by atoms with van der Waals surface area (Å²) in [6.45, 7) is 0. The van der Waals surface area contributed by atoms with Crippen molar-refractivity contribution in [3.8, 4) is 0 Å². The van der Waals surface area contributed by atoms with Crippen LogP contribution in [0.4, 0.5) is 0 Å². The summed E-state index contributed by atoms with van der Waals surface area (Å²) >= 11 is 3.54. The molecule has 2 heteroatoms. The molecule has 1 nitrogen and oxygen atoms in total. The van der Waals surface area contributed by atoms with E-state index in [9.17, 15) is 5.11 Å². The Hall–Kier alpha value is -1.12. The molecule has 0 saturated heterocycles. The largest absolute Gasteiger partial charge is 0.389 e. The highest BCUT2D eigenvalue weighted by Crippen LogP contribution is 2.56. The number of aryl methyl sites for hydroxylation is 1. The van der Waals surface area contributed by atoms with Crippen LogP contribution in [0.15, 0.2) is 53.0 Å². The summed E-state index contributed by atoms with van der Waals surface area (Å²) in [6, 6.07) is 17.1. The second-order valence-corrected chi connectivity index (χ2v) is 7.47. The summed E-state index contributed by atoms with van der Waals surface area (Å²) in [5.74, 6) is 0.977. The molecule has 2 aliphatic carbocycles. The highest BCUT2D eigenvalue weighted by molar-refractivity contribution is 9.10. The summed E-state index contributed by atoms with van der Waals surface area (Å²) in [4.78, 5) is 0. The van der Waals surface area contributed by atoms with Crippen LogP contribution in [0.3, 0.4) is 0 Å². The fraction of sp³-hybridized carbons (Fsp3) is 0.368. The number of benzene rings is 2. The second-order valence-electron chi connectivity index (χ2n) is 6.55. The molecule has 1 saturated carbocycles. The summed E-state index contributed by atoms with van der Waals surface area (Å²) in [6.07, 6.45) is 3.82. The third kappa shape index (κ3) is 2.45. The van der Waals surface area contributed by atoms with Crippen LogP contribution in [-0.4, -0.2) is 10.7 Å². The van der Waals surface area contributed by atoms with Crippen LogP contribution in [0.25, 0.3) is 0 Å².